The van der Waals surface area contributed by atoms with E-state index in [1.807, 2.05) is 5.41 Å². The van der Waals surface area contributed by atoms with Gasteiger partial charge in [0.15, 0.2) is 0 Å². The van der Waals surface area contributed by atoms with Crippen LogP contribution in [0.4, 0.5) is 0 Å². The monoisotopic (exact) mass is 270 g/mol. The minimum atomic E-state index is -3.38. The summed E-state index contributed by atoms with van der Waals surface area (Å²) in [6.07, 6.45) is 0. The van der Waals surface area contributed by atoms with Crippen LogP contribution in [0.2, 0.25) is 0 Å². The van der Waals surface area contributed by atoms with Crippen molar-refractivity contribution in [1.29, 1.82) is 0 Å². The van der Waals surface area contributed by atoms with Gasteiger partial charge < -0.3 is 4.52 Å². The number of hydrogen-bond acceptors (Lipinski definition) is 6. The normalized spacial score (nSPS) is 23.1. The van der Waals surface area contributed by atoms with E-state index in [0.29, 0.717) is 16.8 Å². The Morgan fingerprint density at radius 1 is 1.47 bits per heavy atom. The van der Waals surface area contributed by atoms with Crippen molar-refractivity contribution >= 4 is 31.3 Å². The molecule has 0 aromatic rings. The summed E-state index contributed by atoms with van der Waals surface area (Å²) in [5.74, 6) is 2.41. The summed E-state index contributed by atoms with van der Waals surface area (Å²) >= 11 is 3.42. The molecule has 0 fully saturated rings. The lowest BCUT2D eigenvalue weighted by molar-refractivity contribution is 0.184. The van der Waals surface area contributed by atoms with Crippen molar-refractivity contribution in [3.8, 4) is 0 Å². The highest BCUT2D eigenvalue weighted by atomic mass is 32.2. The van der Waals surface area contributed by atoms with Gasteiger partial charge in [-0.05, 0) is 0 Å². The van der Waals surface area contributed by atoms with E-state index in [9.17, 15) is 4.57 Å². The zero-order chi connectivity index (χ0) is 11.3. The minimum Gasteiger partial charge on any atom is -0.407 e. The van der Waals surface area contributed by atoms with E-state index in [4.69, 9.17) is 13.6 Å². The Morgan fingerprint density at radius 3 is 2.73 bits per heavy atom. The lowest BCUT2D eigenvalue weighted by Crippen LogP contribution is -1.98. The average Bonchev–Trinajstić information content (AvgIpc) is 2.44. The molecule has 0 N–H and O–H groups in total. The number of hydrogen-bond donors (Lipinski definition) is 0. The van der Waals surface area contributed by atoms with Gasteiger partial charge in [0.2, 0.25) is 0 Å². The van der Waals surface area contributed by atoms with Crippen LogP contribution in [0.25, 0.3) is 0 Å². The SMILES string of the molecule is COP(=O)(OC)OC1=CSC(C)CSC1. The Labute approximate surface area is 98.7 Å². The Balaban J connectivity index is 2.60. The number of thioether (sulfide) groups is 2. The molecule has 0 radical (unpaired) electrons. The van der Waals surface area contributed by atoms with E-state index in [2.05, 4.69) is 6.92 Å². The fraction of sp³-hybridized carbons (Fsp3) is 0.750. The maximum absolute atomic E-state index is 11.7. The Kier molecular flexibility index (Phi) is 5.57. The molecule has 0 aromatic carbocycles. The maximum Gasteiger partial charge on any atom is 0.529 e. The van der Waals surface area contributed by atoms with Gasteiger partial charge in [0.05, 0.1) is 5.75 Å². The van der Waals surface area contributed by atoms with Crippen LogP contribution >= 0.6 is 31.3 Å². The average molecular weight is 270 g/mol. The van der Waals surface area contributed by atoms with Crippen LogP contribution in [0.5, 0.6) is 0 Å². The second-order valence-electron chi connectivity index (χ2n) is 2.95. The van der Waals surface area contributed by atoms with Crippen molar-refractivity contribution in [1.82, 2.24) is 0 Å². The van der Waals surface area contributed by atoms with E-state index in [1.165, 1.54) is 14.2 Å². The number of rotatable bonds is 4. The Hall–Kier alpha value is 0.390. The summed E-state index contributed by atoms with van der Waals surface area (Å²) in [4.78, 5) is 0. The largest absolute Gasteiger partial charge is 0.529 e. The predicted molar refractivity (Wildman–Crippen MR) is 65.2 cm³/mol. The summed E-state index contributed by atoms with van der Waals surface area (Å²) in [6.45, 7) is 2.14. The van der Waals surface area contributed by atoms with Crippen molar-refractivity contribution in [2.24, 2.45) is 0 Å². The standard InChI is InChI=1S/C8H15O4PS2/c1-7-4-14-5-8(6-15-7)12-13(9,10-2)11-3/h6-7H,4-5H2,1-3H3. The van der Waals surface area contributed by atoms with E-state index in [0.717, 1.165) is 5.75 Å². The van der Waals surface area contributed by atoms with E-state index >= 15 is 0 Å². The van der Waals surface area contributed by atoms with Crippen molar-refractivity contribution in [3.05, 3.63) is 11.2 Å². The summed E-state index contributed by atoms with van der Waals surface area (Å²) in [6, 6.07) is 0. The van der Waals surface area contributed by atoms with Crippen LogP contribution in [0, 0.1) is 0 Å². The minimum absolute atomic E-state index is 0.542. The van der Waals surface area contributed by atoms with Crippen molar-refractivity contribution in [2.45, 2.75) is 12.2 Å². The molecular weight excluding hydrogens is 255 g/mol. The first-order chi connectivity index (χ1) is 7.09. The third kappa shape index (κ3) is 4.41. The summed E-state index contributed by atoms with van der Waals surface area (Å²) in [5.41, 5.74) is 0. The van der Waals surface area contributed by atoms with Crippen LogP contribution in [-0.2, 0) is 18.1 Å². The molecule has 0 saturated carbocycles. The quantitative estimate of drug-likeness (QED) is 0.731. The summed E-state index contributed by atoms with van der Waals surface area (Å²) in [7, 11) is -0.764. The fourth-order valence-electron chi connectivity index (χ4n) is 0.931. The summed E-state index contributed by atoms with van der Waals surface area (Å²) < 4.78 is 26.3. The zero-order valence-corrected chi connectivity index (χ0v) is 11.5. The molecule has 88 valence electrons. The van der Waals surface area contributed by atoms with E-state index < -0.39 is 7.82 Å². The smallest absolute Gasteiger partial charge is 0.407 e. The molecule has 1 aliphatic rings. The van der Waals surface area contributed by atoms with Gasteiger partial charge in [-0.25, -0.2) is 4.57 Å². The van der Waals surface area contributed by atoms with Crippen molar-refractivity contribution < 1.29 is 18.1 Å². The fourth-order valence-corrected chi connectivity index (χ4v) is 3.81. The third-order valence-electron chi connectivity index (χ3n) is 1.70. The molecule has 7 heteroatoms. The first-order valence-corrected chi connectivity index (χ1v) is 7.99. The molecule has 1 heterocycles. The van der Waals surface area contributed by atoms with Gasteiger partial charge in [-0.2, -0.15) is 11.8 Å². The van der Waals surface area contributed by atoms with Gasteiger partial charge in [-0.1, -0.05) is 6.92 Å². The van der Waals surface area contributed by atoms with Crippen molar-refractivity contribution in [3.63, 3.8) is 0 Å². The van der Waals surface area contributed by atoms with Gasteiger partial charge in [-0.15, -0.1) is 11.8 Å². The van der Waals surface area contributed by atoms with Crippen LogP contribution in [0.15, 0.2) is 11.2 Å². The second-order valence-corrected chi connectivity index (χ2v) is 7.10. The highest BCUT2D eigenvalue weighted by molar-refractivity contribution is 8.05. The van der Waals surface area contributed by atoms with Crippen LogP contribution in [0.3, 0.4) is 0 Å². The molecule has 0 aliphatic carbocycles. The highest BCUT2D eigenvalue weighted by Gasteiger charge is 2.26. The molecule has 0 amide bonds. The molecular formula is C8H15O4PS2. The third-order valence-corrected chi connectivity index (χ3v) is 5.52. The lowest BCUT2D eigenvalue weighted by atomic mass is 10.6. The van der Waals surface area contributed by atoms with Gasteiger partial charge in [0.1, 0.15) is 5.76 Å². The van der Waals surface area contributed by atoms with E-state index in [-0.39, 0.29) is 0 Å². The predicted octanol–water partition coefficient (Wildman–Crippen LogP) is 3.11. The number of phosphoric acid groups is 1. The van der Waals surface area contributed by atoms with Gasteiger partial charge in [0, 0.05) is 30.6 Å². The zero-order valence-electron chi connectivity index (χ0n) is 8.97. The Bertz CT molecular complexity index is 274. The van der Waals surface area contributed by atoms with Crippen LogP contribution in [0.1, 0.15) is 6.92 Å². The van der Waals surface area contributed by atoms with Gasteiger partial charge >= 0.3 is 7.82 Å². The molecule has 15 heavy (non-hydrogen) atoms. The second kappa shape index (κ2) is 6.21. The highest BCUT2D eigenvalue weighted by Crippen LogP contribution is 2.50. The maximum atomic E-state index is 11.7. The Morgan fingerprint density at radius 2 is 2.13 bits per heavy atom. The molecule has 4 nitrogen and oxygen atoms in total. The molecule has 0 spiro atoms. The van der Waals surface area contributed by atoms with Crippen LogP contribution < -0.4 is 0 Å². The van der Waals surface area contributed by atoms with Gasteiger partial charge in [-0.3, -0.25) is 9.05 Å². The van der Waals surface area contributed by atoms with Crippen LogP contribution in [-0.4, -0.2) is 31.0 Å². The molecule has 1 aliphatic heterocycles. The molecule has 1 atom stereocenters. The molecule has 0 aromatic heterocycles. The lowest BCUT2D eigenvalue weighted by Gasteiger charge is -2.15. The molecule has 1 unspecified atom stereocenters. The first kappa shape index (κ1) is 13.5. The topological polar surface area (TPSA) is 44.8 Å². The molecule has 0 bridgehead atoms. The first-order valence-electron chi connectivity index (χ1n) is 4.43. The van der Waals surface area contributed by atoms with Gasteiger partial charge in [0.25, 0.3) is 0 Å². The molecule has 1 rings (SSSR count). The van der Waals surface area contributed by atoms with E-state index in [1.54, 1.807) is 23.5 Å². The summed E-state index contributed by atoms with van der Waals surface area (Å²) in [5, 5.41) is 2.43. The molecule has 0 saturated heterocycles. The number of phosphoric ester groups is 1. The van der Waals surface area contributed by atoms with Crippen molar-refractivity contribution in [2.75, 3.05) is 25.7 Å².